The Morgan fingerprint density at radius 1 is 0.724 bits per heavy atom. The molecule has 0 spiro atoms. The van der Waals surface area contributed by atoms with Crippen molar-refractivity contribution in [3.63, 3.8) is 0 Å². The van der Waals surface area contributed by atoms with Crippen molar-refractivity contribution in [1.82, 2.24) is 19.1 Å². The summed E-state index contributed by atoms with van der Waals surface area (Å²) in [6.07, 6.45) is 9.50. The molecule has 0 aliphatic rings. The molecule has 2 heterocycles. The standard InChI is InChI=1S/2C10H9N2.CH4.3ClH.V/c2*1-2-7-12-8-11-9-5-3-4-6-10(9)12;;;;;/h2*2-6H,1,7H2;1H4;3*1H;/q2*-1;;;;;/p-3. The van der Waals surface area contributed by atoms with Crippen LogP contribution >= 0.6 is 0 Å². The Kier molecular flexibility index (Phi) is 17.8. The Labute approximate surface area is 203 Å². The van der Waals surface area contributed by atoms with E-state index in [0.717, 1.165) is 35.2 Å². The second-order valence-electron chi connectivity index (χ2n) is 5.20. The summed E-state index contributed by atoms with van der Waals surface area (Å²) in [6.45, 7) is 8.88. The van der Waals surface area contributed by atoms with Gasteiger partial charge in [-0.3, -0.25) is 0 Å². The monoisotopic (exact) mass is 486 g/mol. The van der Waals surface area contributed by atoms with Gasteiger partial charge in [0, 0.05) is 44.3 Å². The number of para-hydroxylation sites is 4. The molecule has 0 aliphatic carbocycles. The summed E-state index contributed by atoms with van der Waals surface area (Å²) in [7, 11) is 0. The van der Waals surface area contributed by atoms with Crippen molar-refractivity contribution in [2.75, 3.05) is 0 Å². The van der Waals surface area contributed by atoms with Crippen molar-refractivity contribution >= 4 is 22.1 Å². The van der Waals surface area contributed by atoms with Crippen LogP contribution in [0, 0.1) is 12.7 Å². The molecule has 4 nitrogen and oxygen atoms in total. The maximum Gasteiger partial charge on any atom is 0.0177 e. The van der Waals surface area contributed by atoms with Gasteiger partial charge in [-0.2, -0.15) is 0 Å². The van der Waals surface area contributed by atoms with Crippen molar-refractivity contribution < 1.29 is 55.8 Å². The predicted molar refractivity (Wildman–Crippen MR) is 104 cm³/mol. The fourth-order valence-electron chi connectivity index (χ4n) is 2.45. The van der Waals surface area contributed by atoms with Crippen LogP contribution in [-0.2, 0) is 31.6 Å². The summed E-state index contributed by atoms with van der Waals surface area (Å²) in [6, 6.07) is 16.0. The van der Waals surface area contributed by atoms with E-state index in [-0.39, 0.29) is 63.2 Å². The van der Waals surface area contributed by atoms with Crippen LogP contribution in [0.5, 0.6) is 0 Å². The first-order valence-corrected chi connectivity index (χ1v) is 7.71. The largest absolute Gasteiger partial charge is 1.00 e. The molecule has 0 unspecified atom stereocenters. The van der Waals surface area contributed by atoms with Crippen LogP contribution in [-0.4, -0.2) is 19.1 Å². The third kappa shape index (κ3) is 7.92. The number of benzene rings is 2. The smallest absolute Gasteiger partial charge is 0.0177 e. The van der Waals surface area contributed by atoms with Crippen LogP contribution in [0.3, 0.4) is 0 Å². The molecule has 0 bridgehead atoms. The quantitative estimate of drug-likeness (QED) is 0.216. The van der Waals surface area contributed by atoms with E-state index in [1.807, 2.05) is 69.8 Å². The first-order chi connectivity index (χ1) is 11.8. The maximum atomic E-state index is 4.13. The molecule has 0 N–H and O–H groups in total. The van der Waals surface area contributed by atoms with Gasteiger partial charge in [-0.1, -0.05) is 65.9 Å². The maximum absolute atomic E-state index is 4.13. The first-order valence-electron chi connectivity index (χ1n) is 7.71. The Morgan fingerprint density at radius 3 is 1.41 bits per heavy atom. The fourth-order valence-corrected chi connectivity index (χ4v) is 2.45. The molecule has 0 saturated carbocycles. The topological polar surface area (TPSA) is 35.6 Å². The summed E-state index contributed by atoms with van der Waals surface area (Å²) in [5, 5.41) is 0. The van der Waals surface area contributed by atoms with Gasteiger partial charge in [0.05, 0.1) is 0 Å². The van der Waals surface area contributed by atoms with Gasteiger partial charge in [-0.25, -0.2) is 0 Å². The Balaban J connectivity index is -0.000000398. The average Bonchev–Trinajstić information content (AvgIpc) is 3.22. The fraction of sp³-hybridized carbons (Fsp3) is 0.143. The number of aromatic nitrogens is 4. The number of fused-ring (bicyclic) bond motifs is 2. The SMILES string of the molecule is C.C=CCn1[c-]nc2ccccc21.C=CCn1[c-]nc2ccccc21.[Cl-].[Cl-].[Cl-].[V]. The summed E-state index contributed by atoms with van der Waals surface area (Å²) < 4.78 is 3.89. The number of hydrogen-bond donors (Lipinski definition) is 0. The van der Waals surface area contributed by atoms with E-state index in [0.29, 0.717) is 0 Å². The Bertz CT molecular complexity index is 902. The van der Waals surface area contributed by atoms with Crippen LogP contribution in [0.4, 0.5) is 0 Å². The zero-order chi connectivity index (χ0) is 16.8. The van der Waals surface area contributed by atoms with Crippen molar-refractivity contribution in [3.8, 4) is 0 Å². The van der Waals surface area contributed by atoms with E-state index >= 15 is 0 Å². The normalized spacial score (nSPS) is 8.55. The van der Waals surface area contributed by atoms with Crippen molar-refractivity contribution in [2.24, 2.45) is 0 Å². The summed E-state index contributed by atoms with van der Waals surface area (Å²) in [5.41, 5.74) is 4.19. The number of rotatable bonds is 4. The number of allylic oxidation sites excluding steroid dienone is 2. The van der Waals surface area contributed by atoms with Gasteiger partial charge in [-0.15, -0.1) is 37.4 Å². The van der Waals surface area contributed by atoms with Crippen LogP contribution in [0.25, 0.3) is 22.1 Å². The zero-order valence-electron chi connectivity index (χ0n) is 15.0. The van der Waals surface area contributed by atoms with Crippen molar-refractivity contribution in [2.45, 2.75) is 20.5 Å². The van der Waals surface area contributed by atoms with Gasteiger partial charge >= 0.3 is 0 Å². The number of hydrogen-bond acceptors (Lipinski definition) is 2. The molecule has 29 heavy (non-hydrogen) atoms. The number of halogens is 3. The molecule has 4 rings (SSSR count). The van der Waals surface area contributed by atoms with Crippen LogP contribution in [0.15, 0.2) is 73.8 Å². The molecule has 0 fully saturated rings. The van der Waals surface area contributed by atoms with Crippen molar-refractivity contribution in [1.29, 1.82) is 0 Å². The van der Waals surface area contributed by atoms with E-state index < -0.39 is 0 Å². The van der Waals surface area contributed by atoms with Crippen LogP contribution in [0.1, 0.15) is 7.43 Å². The van der Waals surface area contributed by atoms with Gasteiger partial charge in [0.1, 0.15) is 0 Å². The minimum absolute atomic E-state index is 0. The average molecular weight is 488 g/mol. The van der Waals surface area contributed by atoms with Crippen LogP contribution < -0.4 is 37.2 Å². The van der Waals surface area contributed by atoms with E-state index in [1.54, 1.807) is 0 Å². The molecule has 4 aromatic rings. The van der Waals surface area contributed by atoms with Crippen molar-refractivity contribution in [3.05, 3.63) is 86.5 Å². The van der Waals surface area contributed by atoms with E-state index in [2.05, 4.69) is 35.8 Å². The van der Waals surface area contributed by atoms with E-state index in [1.165, 1.54) is 0 Å². The minimum Gasteiger partial charge on any atom is -1.00 e. The minimum atomic E-state index is 0. The predicted octanol–water partition coefficient (Wildman–Crippen LogP) is -4.31. The first kappa shape index (κ1) is 32.0. The van der Waals surface area contributed by atoms with Gasteiger partial charge in [0.25, 0.3) is 0 Å². The third-order valence-corrected chi connectivity index (χ3v) is 3.55. The molecular formula is C21H22Cl3N4V-5. The molecule has 0 saturated heterocycles. The molecule has 0 amide bonds. The van der Waals surface area contributed by atoms with Gasteiger partial charge in [-0.05, 0) is 0 Å². The molecule has 0 atom stereocenters. The molecule has 0 aliphatic heterocycles. The third-order valence-electron chi connectivity index (χ3n) is 3.55. The van der Waals surface area contributed by atoms with Gasteiger partial charge in [0.2, 0.25) is 0 Å². The second-order valence-corrected chi connectivity index (χ2v) is 5.20. The van der Waals surface area contributed by atoms with Gasteiger partial charge < -0.3 is 56.3 Å². The zero-order valence-corrected chi connectivity index (χ0v) is 18.6. The summed E-state index contributed by atoms with van der Waals surface area (Å²) in [5.74, 6) is 0. The molecule has 1 radical (unpaired) electrons. The Hall–Kier alpha value is -1.69. The molecular weight excluding hydrogens is 466 g/mol. The summed E-state index contributed by atoms with van der Waals surface area (Å²) in [4.78, 5) is 8.25. The molecule has 2 aromatic carbocycles. The van der Waals surface area contributed by atoms with E-state index in [4.69, 9.17) is 0 Å². The number of imidazole rings is 2. The van der Waals surface area contributed by atoms with E-state index in [9.17, 15) is 0 Å². The molecule has 8 heteroatoms. The molecule has 2 aromatic heterocycles. The molecule has 157 valence electrons. The second kappa shape index (κ2) is 16.1. The number of nitrogens with zero attached hydrogens (tertiary/aromatic N) is 4. The van der Waals surface area contributed by atoms with Gasteiger partial charge in [0.15, 0.2) is 0 Å². The van der Waals surface area contributed by atoms with Crippen LogP contribution in [0.2, 0.25) is 0 Å². The Morgan fingerprint density at radius 2 is 1.07 bits per heavy atom. The summed E-state index contributed by atoms with van der Waals surface area (Å²) >= 11 is 0.